The van der Waals surface area contributed by atoms with E-state index in [1.807, 2.05) is 18.4 Å². The van der Waals surface area contributed by atoms with Crippen LogP contribution in [0.2, 0.25) is 0 Å². The van der Waals surface area contributed by atoms with Gasteiger partial charge in [-0.25, -0.2) is 4.98 Å². The highest BCUT2D eigenvalue weighted by atomic mass is 32.1. The molecule has 96 valence electrons. The second-order valence-corrected chi connectivity index (χ2v) is 6.09. The number of nitrogens with one attached hydrogen (secondary N) is 1. The van der Waals surface area contributed by atoms with Gasteiger partial charge in [-0.2, -0.15) is 0 Å². The maximum absolute atomic E-state index is 4.74. The molecule has 0 aliphatic carbocycles. The van der Waals surface area contributed by atoms with Crippen molar-refractivity contribution in [2.45, 2.75) is 32.2 Å². The van der Waals surface area contributed by atoms with Crippen LogP contribution in [-0.4, -0.2) is 37.1 Å². The molecule has 4 heteroatoms. The molecule has 2 rings (SSSR count). The zero-order valence-corrected chi connectivity index (χ0v) is 11.9. The van der Waals surface area contributed by atoms with Gasteiger partial charge in [0.05, 0.1) is 10.7 Å². The molecule has 2 heterocycles. The lowest BCUT2D eigenvalue weighted by atomic mass is 9.95. The average Bonchev–Trinajstić information content (AvgIpc) is 2.76. The SMILES string of the molecule is CNC(C)c1csc(CC2CCCN(C)C2)n1. The summed E-state index contributed by atoms with van der Waals surface area (Å²) in [6.45, 7) is 4.65. The molecule has 1 fully saturated rings. The first-order chi connectivity index (χ1) is 8.19. The van der Waals surface area contributed by atoms with Crippen LogP contribution in [-0.2, 0) is 6.42 Å². The summed E-state index contributed by atoms with van der Waals surface area (Å²) < 4.78 is 0. The Labute approximate surface area is 108 Å². The topological polar surface area (TPSA) is 28.2 Å². The van der Waals surface area contributed by atoms with Crippen molar-refractivity contribution in [2.75, 3.05) is 27.2 Å². The van der Waals surface area contributed by atoms with Crippen LogP contribution < -0.4 is 5.32 Å². The number of likely N-dealkylation sites (tertiary alicyclic amines) is 1. The van der Waals surface area contributed by atoms with Crippen LogP contribution in [0.25, 0.3) is 0 Å². The van der Waals surface area contributed by atoms with Crippen molar-refractivity contribution in [1.29, 1.82) is 0 Å². The maximum atomic E-state index is 4.74. The smallest absolute Gasteiger partial charge is 0.0932 e. The highest BCUT2D eigenvalue weighted by Gasteiger charge is 2.19. The molecule has 0 bridgehead atoms. The fourth-order valence-electron chi connectivity index (χ4n) is 2.45. The predicted octanol–water partition coefficient (Wildman–Crippen LogP) is 2.31. The van der Waals surface area contributed by atoms with Crippen LogP contribution in [0, 0.1) is 5.92 Å². The van der Waals surface area contributed by atoms with Crippen molar-refractivity contribution in [2.24, 2.45) is 5.92 Å². The van der Waals surface area contributed by atoms with E-state index in [0.29, 0.717) is 6.04 Å². The van der Waals surface area contributed by atoms with Crippen LogP contribution in [0.15, 0.2) is 5.38 Å². The molecule has 2 atom stereocenters. The first-order valence-corrected chi connectivity index (χ1v) is 7.37. The molecule has 1 N–H and O–H groups in total. The minimum atomic E-state index is 0.369. The second kappa shape index (κ2) is 5.94. The molecule has 3 nitrogen and oxygen atoms in total. The predicted molar refractivity (Wildman–Crippen MR) is 73.5 cm³/mol. The molecule has 0 amide bonds. The zero-order valence-electron chi connectivity index (χ0n) is 11.1. The summed E-state index contributed by atoms with van der Waals surface area (Å²) in [4.78, 5) is 7.18. The Morgan fingerprint density at radius 2 is 2.47 bits per heavy atom. The largest absolute Gasteiger partial charge is 0.312 e. The third-order valence-corrected chi connectivity index (χ3v) is 4.52. The van der Waals surface area contributed by atoms with Crippen molar-refractivity contribution >= 4 is 11.3 Å². The molecule has 17 heavy (non-hydrogen) atoms. The summed E-state index contributed by atoms with van der Waals surface area (Å²) in [5.41, 5.74) is 1.19. The van der Waals surface area contributed by atoms with Gasteiger partial charge in [0, 0.05) is 24.4 Å². The number of aromatic nitrogens is 1. The van der Waals surface area contributed by atoms with Gasteiger partial charge in [-0.15, -0.1) is 11.3 Å². The molecule has 0 aromatic carbocycles. The van der Waals surface area contributed by atoms with Gasteiger partial charge in [0.15, 0.2) is 0 Å². The van der Waals surface area contributed by atoms with Gasteiger partial charge in [-0.1, -0.05) is 0 Å². The van der Waals surface area contributed by atoms with Crippen molar-refractivity contribution < 1.29 is 0 Å². The molecule has 1 aliphatic heterocycles. The first-order valence-electron chi connectivity index (χ1n) is 6.49. The van der Waals surface area contributed by atoms with E-state index in [0.717, 1.165) is 12.3 Å². The van der Waals surface area contributed by atoms with Crippen molar-refractivity contribution in [3.8, 4) is 0 Å². The fourth-order valence-corrected chi connectivity index (χ4v) is 3.46. The van der Waals surface area contributed by atoms with Gasteiger partial charge in [0.25, 0.3) is 0 Å². The summed E-state index contributed by atoms with van der Waals surface area (Å²) in [6, 6.07) is 0.369. The molecule has 1 aromatic heterocycles. The summed E-state index contributed by atoms with van der Waals surface area (Å²) in [6.07, 6.45) is 3.86. The maximum Gasteiger partial charge on any atom is 0.0932 e. The van der Waals surface area contributed by atoms with Crippen LogP contribution in [0.3, 0.4) is 0 Å². The molecule has 0 radical (unpaired) electrons. The minimum absolute atomic E-state index is 0.369. The van der Waals surface area contributed by atoms with E-state index in [4.69, 9.17) is 4.98 Å². The number of rotatable bonds is 4. The molecular formula is C13H23N3S. The molecule has 2 unspecified atom stereocenters. The molecule has 1 saturated heterocycles. The average molecular weight is 253 g/mol. The standard InChI is InChI=1S/C13H23N3S/c1-10(14-2)12-9-17-13(15-12)7-11-5-4-6-16(3)8-11/h9-11,14H,4-8H2,1-3H3. The van der Waals surface area contributed by atoms with Crippen LogP contribution >= 0.6 is 11.3 Å². The van der Waals surface area contributed by atoms with Gasteiger partial charge in [0.1, 0.15) is 0 Å². The number of hydrogen-bond acceptors (Lipinski definition) is 4. The molecule has 0 saturated carbocycles. The van der Waals surface area contributed by atoms with E-state index < -0.39 is 0 Å². The summed E-state index contributed by atoms with van der Waals surface area (Å²) in [7, 11) is 4.21. The second-order valence-electron chi connectivity index (χ2n) is 5.15. The van der Waals surface area contributed by atoms with Crippen LogP contribution in [0.1, 0.15) is 36.5 Å². The third kappa shape index (κ3) is 3.50. The third-order valence-electron chi connectivity index (χ3n) is 3.63. The monoisotopic (exact) mass is 253 g/mol. The Morgan fingerprint density at radius 3 is 3.18 bits per heavy atom. The molecule has 0 spiro atoms. The summed E-state index contributed by atoms with van der Waals surface area (Å²) in [5, 5.41) is 6.75. The lowest BCUT2D eigenvalue weighted by Gasteiger charge is -2.29. The van der Waals surface area contributed by atoms with Crippen molar-refractivity contribution in [1.82, 2.24) is 15.2 Å². The number of thiazole rings is 1. The van der Waals surface area contributed by atoms with Gasteiger partial charge >= 0.3 is 0 Å². The van der Waals surface area contributed by atoms with Crippen LogP contribution in [0.5, 0.6) is 0 Å². The number of nitrogens with zero attached hydrogens (tertiary/aromatic N) is 2. The van der Waals surface area contributed by atoms with Crippen molar-refractivity contribution in [3.63, 3.8) is 0 Å². The Kier molecular flexibility index (Phi) is 4.54. The Bertz CT molecular complexity index is 350. The Hall–Kier alpha value is -0.450. The van der Waals surface area contributed by atoms with Gasteiger partial charge in [-0.05, 0) is 46.3 Å². The lowest BCUT2D eigenvalue weighted by Crippen LogP contribution is -2.32. The molecule has 1 aromatic rings. The van der Waals surface area contributed by atoms with Gasteiger partial charge in [-0.3, -0.25) is 0 Å². The quantitative estimate of drug-likeness (QED) is 0.892. The lowest BCUT2D eigenvalue weighted by molar-refractivity contribution is 0.209. The normalized spacial score (nSPS) is 23.8. The summed E-state index contributed by atoms with van der Waals surface area (Å²) >= 11 is 1.82. The van der Waals surface area contributed by atoms with E-state index >= 15 is 0 Å². The minimum Gasteiger partial charge on any atom is -0.312 e. The van der Waals surface area contributed by atoms with Crippen molar-refractivity contribution in [3.05, 3.63) is 16.1 Å². The first kappa shape index (κ1) is 13.0. The summed E-state index contributed by atoms with van der Waals surface area (Å²) in [5.74, 6) is 0.803. The number of piperidine rings is 1. The molecule has 1 aliphatic rings. The highest BCUT2D eigenvalue weighted by Crippen LogP contribution is 2.23. The van der Waals surface area contributed by atoms with Crippen LogP contribution in [0.4, 0.5) is 0 Å². The zero-order chi connectivity index (χ0) is 12.3. The van der Waals surface area contributed by atoms with E-state index in [2.05, 4.69) is 29.6 Å². The molecular weight excluding hydrogens is 230 g/mol. The fraction of sp³-hybridized carbons (Fsp3) is 0.769. The van der Waals surface area contributed by atoms with E-state index in [9.17, 15) is 0 Å². The van der Waals surface area contributed by atoms with Gasteiger partial charge < -0.3 is 10.2 Å². The van der Waals surface area contributed by atoms with E-state index in [1.54, 1.807) is 0 Å². The number of hydrogen-bond donors (Lipinski definition) is 1. The van der Waals surface area contributed by atoms with E-state index in [1.165, 1.54) is 36.6 Å². The Balaban J connectivity index is 1.92. The van der Waals surface area contributed by atoms with E-state index in [-0.39, 0.29) is 0 Å². The highest BCUT2D eigenvalue weighted by molar-refractivity contribution is 7.09. The van der Waals surface area contributed by atoms with Gasteiger partial charge in [0.2, 0.25) is 0 Å². The Morgan fingerprint density at radius 1 is 1.65 bits per heavy atom.